The summed E-state index contributed by atoms with van der Waals surface area (Å²) in [5, 5.41) is 3.84. The number of carbonyl (C=O) groups is 1. The third-order valence-corrected chi connectivity index (χ3v) is 3.30. The zero-order valence-electron chi connectivity index (χ0n) is 10.1. The zero-order chi connectivity index (χ0) is 12.8. The number of amides is 1. The maximum Gasteiger partial charge on any atom is 0.231 e. The second-order valence-corrected chi connectivity index (χ2v) is 4.87. The number of rotatable bonds is 6. The van der Waals surface area contributed by atoms with Crippen LogP contribution in [0.25, 0.3) is 0 Å². The SMILES string of the molecule is O=C(CCCCBr)NCc1cccc2c1OCO2. The fourth-order valence-corrected chi connectivity index (χ4v) is 2.19. The van der Waals surface area contributed by atoms with Crippen molar-refractivity contribution >= 4 is 21.8 Å². The lowest BCUT2D eigenvalue weighted by Gasteiger charge is -2.07. The Kier molecular flexibility index (Phi) is 4.87. The van der Waals surface area contributed by atoms with Crippen LogP contribution < -0.4 is 14.8 Å². The average molecular weight is 314 g/mol. The Morgan fingerprint density at radius 3 is 3.06 bits per heavy atom. The molecule has 0 atom stereocenters. The molecule has 5 heteroatoms. The van der Waals surface area contributed by atoms with E-state index in [2.05, 4.69) is 21.2 Å². The molecule has 1 aliphatic heterocycles. The highest BCUT2D eigenvalue weighted by atomic mass is 79.9. The molecule has 1 aliphatic rings. The van der Waals surface area contributed by atoms with Gasteiger partial charge in [0.1, 0.15) is 0 Å². The molecule has 0 fully saturated rings. The van der Waals surface area contributed by atoms with Crippen molar-refractivity contribution in [3.05, 3.63) is 23.8 Å². The van der Waals surface area contributed by atoms with E-state index in [1.54, 1.807) is 0 Å². The first-order valence-electron chi connectivity index (χ1n) is 6.01. The van der Waals surface area contributed by atoms with Gasteiger partial charge in [0.2, 0.25) is 12.7 Å². The smallest absolute Gasteiger partial charge is 0.231 e. The Labute approximate surface area is 115 Å². The van der Waals surface area contributed by atoms with Crippen LogP contribution in [0, 0.1) is 0 Å². The maximum absolute atomic E-state index is 11.6. The minimum absolute atomic E-state index is 0.0764. The molecule has 0 spiro atoms. The van der Waals surface area contributed by atoms with E-state index in [0.717, 1.165) is 35.2 Å². The summed E-state index contributed by atoms with van der Waals surface area (Å²) in [5.41, 5.74) is 0.957. The first kappa shape index (κ1) is 13.2. The van der Waals surface area contributed by atoms with Gasteiger partial charge in [-0.15, -0.1) is 0 Å². The molecule has 2 rings (SSSR count). The summed E-state index contributed by atoms with van der Waals surface area (Å²) in [5.74, 6) is 1.58. The molecule has 0 aliphatic carbocycles. The van der Waals surface area contributed by atoms with Crippen molar-refractivity contribution in [2.24, 2.45) is 0 Å². The van der Waals surface area contributed by atoms with Gasteiger partial charge in [-0.25, -0.2) is 0 Å². The molecular weight excluding hydrogens is 298 g/mol. The van der Waals surface area contributed by atoms with Crippen LogP contribution in [0.2, 0.25) is 0 Å². The molecule has 0 bridgehead atoms. The number of hydrogen-bond acceptors (Lipinski definition) is 3. The van der Waals surface area contributed by atoms with E-state index in [4.69, 9.17) is 9.47 Å². The van der Waals surface area contributed by atoms with Crippen molar-refractivity contribution < 1.29 is 14.3 Å². The predicted octanol–water partition coefficient (Wildman–Crippen LogP) is 2.60. The monoisotopic (exact) mass is 313 g/mol. The molecule has 1 aromatic rings. The van der Waals surface area contributed by atoms with Gasteiger partial charge < -0.3 is 14.8 Å². The summed E-state index contributed by atoms with van der Waals surface area (Å²) in [7, 11) is 0. The Bertz CT molecular complexity index is 423. The first-order valence-corrected chi connectivity index (χ1v) is 7.13. The van der Waals surface area contributed by atoms with Crippen LogP contribution in [-0.2, 0) is 11.3 Å². The minimum Gasteiger partial charge on any atom is -0.454 e. The van der Waals surface area contributed by atoms with E-state index in [1.165, 1.54) is 0 Å². The highest BCUT2D eigenvalue weighted by molar-refractivity contribution is 9.09. The zero-order valence-corrected chi connectivity index (χ0v) is 11.7. The summed E-state index contributed by atoms with van der Waals surface area (Å²) in [6, 6.07) is 5.70. The topological polar surface area (TPSA) is 47.6 Å². The summed E-state index contributed by atoms with van der Waals surface area (Å²) >= 11 is 3.35. The van der Waals surface area contributed by atoms with Crippen molar-refractivity contribution in [3.63, 3.8) is 0 Å². The van der Waals surface area contributed by atoms with E-state index in [0.29, 0.717) is 13.0 Å². The molecule has 0 aromatic heterocycles. The average Bonchev–Trinajstić information content (AvgIpc) is 2.85. The normalized spacial score (nSPS) is 12.5. The van der Waals surface area contributed by atoms with Crippen LogP contribution in [0.5, 0.6) is 11.5 Å². The molecule has 0 unspecified atom stereocenters. The highest BCUT2D eigenvalue weighted by Gasteiger charge is 2.17. The molecule has 1 N–H and O–H groups in total. The number of halogens is 1. The number of carbonyl (C=O) groups excluding carboxylic acids is 1. The van der Waals surface area contributed by atoms with E-state index >= 15 is 0 Å². The third kappa shape index (κ3) is 3.38. The molecular formula is C13H16BrNO3. The molecule has 0 saturated carbocycles. The first-order chi connectivity index (χ1) is 8.81. The lowest BCUT2D eigenvalue weighted by atomic mass is 10.2. The van der Waals surface area contributed by atoms with Crippen LogP contribution in [0.1, 0.15) is 24.8 Å². The van der Waals surface area contributed by atoms with Crippen LogP contribution in [0.15, 0.2) is 18.2 Å². The lowest BCUT2D eigenvalue weighted by Crippen LogP contribution is -2.22. The number of ether oxygens (including phenoxy) is 2. The van der Waals surface area contributed by atoms with Gasteiger partial charge in [0.15, 0.2) is 11.5 Å². The van der Waals surface area contributed by atoms with Gasteiger partial charge in [0, 0.05) is 23.9 Å². The van der Waals surface area contributed by atoms with Gasteiger partial charge in [-0.1, -0.05) is 28.1 Å². The maximum atomic E-state index is 11.6. The summed E-state index contributed by atoms with van der Waals surface area (Å²) in [6.45, 7) is 0.741. The number of hydrogen-bond donors (Lipinski definition) is 1. The number of nitrogens with one attached hydrogen (secondary N) is 1. The largest absolute Gasteiger partial charge is 0.454 e. The van der Waals surface area contributed by atoms with Crippen LogP contribution >= 0.6 is 15.9 Å². The van der Waals surface area contributed by atoms with Crippen LogP contribution in [0.3, 0.4) is 0 Å². The fraction of sp³-hybridized carbons (Fsp3) is 0.462. The van der Waals surface area contributed by atoms with E-state index in [9.17, 15) is 4.79 Å². The predicted molar refractivity (Wildman–Crippen MR) is 72.1 cm³/mol. The molecule has 0 saturated heterocycles. The van der Waals surface area contributed by atoms with E-state index in [1.807, 2.05) is 18.2 Å². The van der Waals surface area contributed by atoms with Gasteiger partial charge in [-0.2, -0.15) is 0 Å². The summed E-state index contributed by atoms with van der Waals surface area (Å²) in [6.07, 6.45) is 2.49. The minimum atomic E-state index is 0.0764. The molecule has 1 aromatic carbocycles. The highest BCUT2D eigenvalue weighted by Crippen LogP contribution is 2.35. The van der Waals surface area contributed by atoms with Crippen molar-refractivity contribution in [1.82, 2.24) is 5.32 Å². The Hall–Kier alpha value is -1.23. The summed E-state index contributed by atoms with van der Waals surface area (Å²) < 4.78 is 10.7. The number of alkyl halides is 1. The Morgan fingerprint density at radius 1 is 1.33 bits per heavy atom. The van der Waals surface area contributed by atoms with Crippen molar-refractivity contribution in [1.29, 1.82) is 0 Å². The van der Waals surface area contributed by atoms with Gasteiger partial charge in [-0.05, 0) is 18.9 Å². The van der Waals surface area contributed by atoms with Crippen molar-refractivity contribution in [2.45, 2.75) is 25.8 Å². The molecule has 1 amide bonds. The number of fused-ring (bicyclic) bond motifs is 1. The molecule has 4 nitrogen and oxygen atoms in total. The third-order valence-electron chi connectivity index (χ3n) is 2.74. The van der Waals surface area contributed by atoms with Crippen LogP contribution in [0.4, 0.5) is 0 Å². The second kappa shape index (κ2) is 6.64. The number of para-hydroxylation sites is 1. The van der Waals surface area contributed by atoms with Gasteiger partial charge in [-0.3, -0.25) is 4.79 Å². The van der Waals surface area contributed by atoms with Crippen molar-refractivity contribution in [3.8, 4) is 11.5 Å². The molecule has 0 radical (unpaired) electrons. The molecule has 18 heavy (non-hydrogen) atoms. The Morgan fingerprint density at radius 2 is 2.22 bits per heavy atom. The number of benzene rings is 1. The second-order valence-electron chi connectivity index (χ2n) is 4.07. The number of unbranched alkanes of at least 4 members (excludes halogenated alkanes) is 1. The standard InChI is InChI=1S/C13H16BrNO3/c14-7-2-1-6-12(16)15-8-10-4-3-5-11-13(10)18-9-17-11/h3-5H,1-2,6-9H2,(H,15,16). The van der Waals surface area contributed by atoms with Gasteiger partial charge in [0.05, 0.1) is 0 Å². The van der Waals surface area contributed by atoms with E-state index in [-0.39, 0.29) is 12.7 Å². The quantitative estimate of drug-likeness (QED) is 0.648. The molecule has 1 heterocycles. The fourth-order valence-electron chi connectivity index (χ4n) is 1.79. The molecule has 98 valence electrons. The van der Waals surface area contributed by atoms with Crippen LogP contribution in [-0.4, -0.2) is 18.0 Å². The van der Waals surface area contributed by atoms with Gasteiger partial charge >= 0.3 is 0 Å². The summed E-state index contributed by atoms with van der Waals surface area (Å²) in [4.78, 5) is 11.6. The lowest BCUT2D eigenvalue weighted by molar-refractivity contribution is -0.121. The Balaban J connectivity index is 1.83. The van der Waals surface area contributed by atoms with Gasteiger partial charge in [0.25, 0.3) is 0 Å². The van der Waals surface area contributed by atoms with Crippen molar-refractivity contribution in [2.75, 3.05) is 12.1 Å². The van der Waals surface area contributed by atoms with E-state index < -0.39 is 0 Å².